The van der Waals surface area contributed by atoms with Gasteiger partial charge in [-0.2, -0.15) is 0 Å². The third-order valence-corrected chi connectivity index (χ3v) is 10.8. The number of fused-ring (bicyclic) bond motifs is 4. The number of hydrogen-bond acceptors (Lipinski definition) is 10. The van der Waals surface area contributed by atoms with E-state index in [2.05, 4.69) is 56.8 Å². The molecule has 0 saturated carbocycles. The quantitative estimate of drug-likeness (QED) is 0.157. The van der Waals surface area contributed by atoms with Crippen LogP contribution < -0.4 is 5.32 Å². The number of hydrazine groups is 1. The summed E-state index contributed by atoms with van der Waals surface area (Å²) in [7, 11) is 0. The van der Waals surface area contributed by atoms with Gasteiger partial charge in [-0.3, -0.25) is 20.1 Å². The topological polar surface area (TPSA) is 103 Å². The Kier molecular flexibility index (Phi) is 9.17. The normalized spacial score (nSPS) is 30.1. The highest BCUT2D eigenvalue weighted by Crippen LogP contribution is 2.43. The Hall–Kier alpha value is -3.42. The van der Waals surface area contributed by atoms with Gasteiger partial charge in [-0.05, 0) is 48.7 Å². The second kappa shape index (κ2) is 13.7. The molecule has 3 N–H and O–H groups in total. The molecule has 0 radical (unpaired) electrons. The number of aliphatic hydroxyl groups is 1. The van der Waals surface area contributed by atoms with E-state index in [9.17, 15) is 10.2 Å². The summed E-state index contributed by atoms with van der Waals surface area (Å²) in [4.78, 5) is 9.45. The smallest absolute Gasteiger partial charge is 0.165 e. The summed E-state index contributed by atoms with van der Waals surface area (Å²) in [5.41, 5.74) is 4.06. The molecule has 256 valence electrons. The summed E-state index contributed by atoms with van der Waals surface area (Å²) in [6.45, 7) is 9.35. The van der Waals surface area contributed by atoms with E-state index in [0.29, 0.717) is 44.2 Å². The summed E-state index contributed by atoms with van der Waals surface area (Å²) in [6.07, 6.45) is 3.04. The van der Waals surface area contributed by atoms with Gasteiger partial charge in [-0.1, -0.05) is 72.3 Å². The molecule has 8 atom stereocenters. The number of aromatic hydroxyl groups is 1. The fourth-order valence-electron chi connectivity index (χ4n) is 7.75. The number of nitrogens with one attached hydrogen (secondary N) is 1. The van der Waals surface area contributed by atoms with Gasteiger partial charge >= 0.3 is 0 Å². The monoisotopic (exact) mass is 682 g/mol. The minimum absolute atomic E-state index is 0.00567. The predicted octanol–water partition coefficient (Wildman–Crippen LogP) is 4.31. The summed E-state index contributed by atoms with van der Waals surface area (Å²) >= 11 is 6.89. The van der Waals surface area contributed by atoms with Crippen molar-refractivity contribution in [2.75, 3.05) is 19.6 Å². The molecule has 4 aliphatic rings. The van der Waals surface area contributed by atoms with Gasteiger partial charge < -0.3 is 19.7 Å². The number of aromatic nitrogens is 1. The number of halogens is 1. The molecule has 4 aliphatic heterocycles. The predicted molar refractivity (Wildman–Crippen MR) is 188 cm³/mol. The molecule has 11 heteroatoms. The van der Waals surface area contributed by atoms with E-state index in [-0.39, 0.29) is 48.8 Å². The van der Waals surface area contributed by atoms with Crippen molar-refractivity contribution < 1.29 is 19.7 Å². The Labute approximate surface area is 292 Å². The molecular weight excluding hydrogens is 640 g/mol. The van der Waals surface area contributed by atoms with Crippen LogP contribution in [0.2, 0.25) is 5.02 Å². The number of aliphatic hydroxyl groups excluding tert-OH is 1. The number of phenolic OH excluding ortho intramolecular Hbond substituents is 1. The molecule has 1 aromatic heterocycles. The lowest BCUT2D eigenvalue weighted by atomic mass is 9.94. The van der Waals surface area contributed by atoms with Crippen LogP contribution in [0.1, 0.15) is 23.6 Å². The van der Waals surface area contributed by atoms with Crippen molar-refractivity contribution in [3.8, 4) is 5.75 Å². The average molecular weight is 683 g/mol. The lowest BCUT2D eigenvalue weighted by molar-refractivity contribution is -0.162. The number of phenols is 1. The van der Waals surface area contributed by atoms with Crippen molar-refractivity contribution in [1.29, 1.82) is 0 Å². The zero-order valence-corrected chi connectivity index (χ0v) is 28.3. The standard InChI is InChI=1S/C38H43ClN6O4/c1-3-18-43(38-36(49-38)41-20-26-8-5-4-6-9-26)44-22-32-37(48-32)45-31(19-25-11-14-28(46)15-12-25)35(47)24(2)42(23-33(44)45)21-29-30(39)16-13-27-10-7-17-40-34(27)29/h3-17,24,31-33,35-38,41,46-47H,1,18-23H2,2H3/t24?,31-,32?,33+,35?,36?,37?,38?/m0/s1. The molecule has 10 nitrogen and oxygen atoms in total. The van der Waals surface area contributed by atoms with Gasteiger partial charge in [0.1, 0.15) is 18.1 Å². The van der Waals surface area contributed by atoms with Gasteiger partial charge in [0.15, 0.2) is 12.5 Å². The van der Waals surface area contributed by atoms with Gasteiger partial charge in [0.2, 0.25) is 0 Å². The van der Waals surface area contributed by atoms with Gasteiger partial charge in [-0.25, -0.2) is 10.0 Å². The fraction of sp³-hybridized carbons (Fsp3) is 0.395. The molecule has 0 spiro atoms. The van der Waals surface area contributed by atoms with Crippen molar-refractivity contribution in [3.05, 3.63) is 119 Å². The highest BCUT2D eigenvalue weighted by Gasteiger charge is 2.61. The number of nitrogens with zero attached hydrogens (tertiary/aromatic N) is 5. The van der Waals surface area contributed by atoms with E-state index in [1.54, 1.807) is 18.3 Å². The van der Waals surface area contributed by atoms with Crippen molar-refractivity contribution in [2.24, 2.45) is 0 Å². The first-order chi connectivity index (χ1) is 23.9. The molecule has 4 saturated heterocycles. The first kappa shape index (κ1) is 32.8. The SMILES string of the molecule is C=CCN(C1OC1NCc1ccccc1)N1CC2OC2N2[C@@H](Cc3ccc(O)cc3)C(O)C(C)N(Cc3c(Cl)ccc4cccnc34)C[C@@H]21. The Balaban J connectivity index is 1.13. The number of rotatable bonds is 11. The minimum Gasteiger partial charge on any atom is -0.508 e. The molecule has 5 heterocycles. The van der Waals surface area contributed by atoms with E-state index >= 15 is 0 Å². The van der Waals surface area contributed by atoms with Crippen LogP contribution in [0, 0.1) is 0 Å². The van der Waals surface area contributed by atoms with Crippen LogP contribution in [0.4, 0.5) is 0 Å². The summed E-state index contributed by atoms with van der Waals surface area (Å²) in [6, 6.07) is 25.1. The van der Waals surface area contributed by atoms with Crippen molar-refractivity contribution in [3.63, 3.8) is 0 Å². The molecule has 3 aromatic carbocycles. The molecule has 8 rings (SSSR count). The second-order valence-corrected chi connectivity index (χ2v) is 13.9. The summed E-state index contributed by atoms with van der Waals surface area (Å²) < 4.78 is 12.7. The maximum atomic E-state index is 12.3. The first-order valence-electron chi connectivity index (χ1n) is 17.1. The van der Waals surface area contributed by atoms with Crippen LogP contribution in [0.5, 0.6) is 5.75 Å². The van der Waals surface area contributed by atoms with E-state index in [0.717, 1.165) is 22.0 Å². The largest absolute Gasteiger partial charge is 0.508 e. The number of pyridine rings is 1. The Morgan fingerprint density at radius 3 is 2.63 bits per heavy atom. The average Bonchev–Trinajstić information content (AvgIpc) is 4.06. The molecule has 4 aromatic rings. The molecule has 0 aliphatic carbocycles. The summed E-state index contributed by atoms with van der Waals surface area (Å²) in [5, 5.41) is 32.2. The maximum absolute atomic E-state index is 12.3. The Morgan fingerprint density at radius 1 is 1.02 bits per heavy atom. The number of epoxide rings is 2. The van der Waals surface area contributed by atoms with Crippen molar-refractivity contribution >= 4 is 22.5 Å². The number of hydrogen-bond donors (Lipinski definition) is 3. The van der Waals surface area contributed by atoms with Crippen molar-refractivity contribution in [2.45, 2.75) is 75.6 Å². The third-order valence-electron chi connectivity index (χ3n) is 10.5. The zero-order valence-electron chi connectivity index (χ0n) is 27.6. The van der Waals surface area contributed by atoms with E-state index in [4.69, 9.17) is 26.1 Å². The maximum Gasteiger partial charge on any atom is 0.165 e. The van der Waals surface area contributed by atoms with Crippen LogP contribution >= 0.6 is 11.6 Å². The summed E-state index contributed by atoms with van der Waals surface area (Å²) in [5.74, 6) is 0.220. The zero-order chi connectivity index (χ0) is 33.6. The van der Waals surface area contributed by atoms with E-state index in [1.807, 2.05) is 54.6 Å². The highest BCUT2D eigenvalue weighted by molar-refractivity contribution is 6.32. The van der Waals surface area contributed by atoms with Crippen LogP contribution in [-0.4, -0.2) is 104 Å². The van der Waals surface area contributed by atoms with Gasteiger partial charge in [-0.15, -0.1) is 6.58 Å². The van der Waals surface area contributed by atoms with Gasteiger partial charge in [0, 0.05) is 67.0 Å². The van der Waals surface area contributed by atoms with E-state index in [1.165, 1.54) is 5.56 Å². The second-order valence-electron chi connectivity index (χ2n) is 13.5. The van der Waals surface area contributed by atoms with Crippen LogP contribution in [0.25, 0.3) is 10.9 Å². The first-order valence-corrected chi connectivity index (χ1v) is 17.5. The minimum atomic E-state index is -0.712. The molecule has 0 bridgehead atoms. The lowest BCUT2D eigenvalue weighted by Crippen LogP contribution is -2.67. The highest BCUT2D eigenvalue weighted by atomic mass is 35.5. The van der Waals surface area contributed by atoms with E-state index < -0.39 is 6.10 Å². The molecule has 4 fully saturated rings. The van der Waals surface area contributed by atoms with Gasteiger partial charge in [0.05, 0.1) is 17.8 Å². The van der Waals surface area contributed by atoms with Crippen LogP contribution in [0.15, 0.2) is 97.7 Å². The van der Waals surface area contributed by atoms with Crippen LogP contribution in [0.3, 0.4) is 0 Å². The molecular formula is C38H43ClN6O4. The number of benzene rings is 3. The molecule has 6 unspecified atom stereocenters. The Bertz CT molecular complexity index is 1780. The molecule has 0 amide bonds. The number of ether oxygens (including phenoxy) is 2. The van der Waals surface area contributed by atoms with Crippen LogP contribution in [-0.2, 0) is 29.0 Å². The third kappa shape index (κ3) is 6.61. The molecule has 49 heavy (non-hydrogen) atoms. The van der Waals surface area contributed by atoms with Gasteiger partial charge in [0.25, 0.3) is 0 Å². The Morgan fingerprint density at radius 2 is 1.84 bits per heavy atom. The fourth-order valence-corrected chi connectivity index (χ4v) is 7.96. The van der Waals surface area contributed by atoms with Crippen molar-refractivity contribution in [1.82, 2.24) is 30.1 Å². The lowest BCUT2D eigenvalue weighted by Gasteiger charge is -2.48.